The van der Waals surface area contributed by atoms with Crippen molar-refractivity contribution in [2.75, 3.05) is 0 Å². The Kier molecular flexibility index (Phi) is 6.26. The zero-order valence-electron chi connectivity index (χ0n) is 12.8. The number of nitrogens with zero attached hydrogens (tertiary/aromatic N) is 1. The molecule has 6 nitrogen and oxygen atoms in total. The van der Waals surface area contributed by atoms with Crippen LogP contribution in [0.2, 0.25) is 0 Å². The number of piperidine rings is 1. The van der Waals surface area contributed by atoms with Crippen LogP contribution in [0.5, 0.6) is 0 Å². The lowest BCUT2D eigenvalue weighted by molar-refractivity contribution is -0.139. The van der Waals surface area contributed by atoms with Crippen molar-refractivity contribution in [1.82, 2.24) is 15.8 Å². The van der Waals surface area contributed by atoms with Crippen molar-refractivity contribution in [3.63, 3.8) is 0 Å². The summed E-state index contributed by atoms with van der Waals surface area (Å²) in [6.45, 7) is 8.01. The van der Waals surface area contributed by atoms with Gasteiger partial charge in [-0.05, 0) is 39.0 Å². The maximum absolute atomic E-state index is 12.0. The summed E-state index contributed by atoms with van der Waals surface area (Å²) in [5.41, 5.74) is 2.80. The van der Waals surface area contributed by atoms with Gasteiger partial charge in [-0.3, -0.25) is 5.43 Å². The minimum absolute atomic E-state index is 0.212. The Labute approximate surface area is 120 Å². The fourth-order valence-electron chi connectivity index (χ4n) is 2.64. The minimum Gasteiger partial charge on any atom is -0.480 e. The van der Waals surface area contributed by atoms with Crippen molar-refractivity contribution >= 4 is 12.0 Å². The van der Waals surface area contributed by atoms with E-state index in [-0.39, 0.29) is 18.0 Å². The molecular weight excluding hydrogens is 258 g/mol. The van der Waals surface area contributed by atoms with E-state index >= 15 is 0 Å². The molecule has 0 bridgehead atoms. The Morgan fingerprint density at radius 2 is 1.80 bits per heavy atom. The summed E-state index contributed by atoms with van der Waals surface area (Å²) in [5, 5.41) is 13.6. The molecule has 0 saturated carbocycles. The molecule has 0 spiro atoms. The minimum atomic E-state index is -0.992. The first-order chi connectivity index (χ1) is 9.31. The normalized spacial score (nSPS) is 25.2. The monoisotopic (exact) mass is 285 g/mol. The number of aliphatic carboxylic acids is 1. The molecule has 2 amide bonds. The van der Waals surface area contributed by atoms with E-state index in [1.54, 1.807) is 0 Å². The standard InChI is InChI=1S/C14H27N3O3/c1-9(2)8-12(13(18)19)15-14(20)16-17-10(3)6-5-7-11(17)4/h9-12H,5-8H2,1-4H3,(H,18,19)(H2,15,16,20)/t10?,11?,12-/m1/s1. The van der Waals surface area contributed by atoms with Gasteiger partial charge in [-0.15, -0.1) is 0 Å². The van der Waals surface area contributed by atoms with Crippen LogP contribution in [0.4, 0.5) is 4.79 Å². The molecule has 0 aromatic rings. The van der Waals surface area contributed by atoms with Crippen molar-refractivity contribution in [3.8, 4) is 0 Å². The fraction of sp³-hybridized carbons (Fsp3) is 0.857. The van der Waals surface area contributed by atoms with Crippen molar-refractivity contribution in [3.05, 3.63) is 0 Å². The van der Waals surface area contributed by atoms with E-state index in [1.165, 1.54) is 0 Å². The molecule has 0 aromatic heterocycles. The molecule has 1 fully saturated rings. The molecule has 1 saturated heterocycles. The van der Waals surface area contributed by atoms with Crippen LogP contribution in [0.3, 0.4) is 0 Å². The van der Waals surface area contributed by atoms with Gasteiger partial charge in [0.15, 0.2) is 0 Å². The first-order valence-electron chi connectivity index (χ1n) is 7.39. The average Bonchev–Trinajstić information content (AvgIpc) is 2.32. The van der Waals surface area contributed by atoms with E-state index in [1.807, 2.05) is 18.9 Å². The number of carboxylic acids is 1. The highest BCUT2D eigenvalue weighted by Crippen LogP contribution is 2.20. The van der Waals surface area contributed by atoms with Crippen LogP contribution in [0, 0.1) is 5.92 Å². The molecule has 6 heteroatoms. The first-order valence-corrected chi connectivity index (χ1v) is 7.39. The Morgan fingerprint density at radius 3 is 2.25 bits per heavy atom. The second-order valence-corrected chi connectivity index (χ2v) is 6.14. The lowest BCUT2D eigenvalue weighted by Crippen LogP contribution is -2.58. The number of carboxylic acid groups (broad SMARTS) is 1. The Hall–Kier alpha value is -1.30. The lowest BCUT2D eigenvalue weighted by Gasteiger charge is -2.38. The van der Waals surface area contributed by atoms with Gasteiger partial charge in [0.05, 0.1) is 0 Å². The van der Waals surface area contributed by atoms with Gasteiger partial charge < -0.3 is 10.4 Å². The van der Waals surface area contributed by atoms with Crippen LogP contribution in [-0.4, -0.2) is 40.2 Å². The second-order valence-electron chi connectivity index (χ2n) is 6.14. The molecule has 0 radical (unpaired) electrons. The van der Waals surface area contributed by atoms with Gasteiger partial charge in [-0.2, -0.15) is 0 Å². The van der Waals surface area contributed by atoms with E-state index in [2.05, 4.69) is 24.6 Å². The number of rotatable bonds is 5. The van der Waals surface area contributed by atoms with Gasteiger partial charge >= 0.3 is 12.0 Å². The topological polar surface area (TPSA) is 81.7 Å². The molecular formula is C14H27N3O3. The maximum Gasteiger partial charge on any atom is 0.330 e. The molecule has 1 aliphatic heterocycles. The van der Waals surface area contributed by atoms with E-state index < -0.39 is 18.0 Å². The zero-order valence-corrected chi connectivity index (χ0v) is 12.8. The summed E-state index contributed by atoms with van der Waals surface area (Å²) in [5.74, 6) is -0.780. The van der Waals surface area contributed by atoms with Crippen LogP contribution in [-0.2, 0) is 4.79 Å². The van der Waals surface area contributed by atoms with Gasteiger partial charge in [-0.25, -0.2) is 14.6 Å². The molecule has 1 heterocycles. The highest BCUT2D eigenvalue weighted by atomic mass is 16.4. The number of urea groups is 1. The van der Waals surface area contributed by atoms with Crippen molar-refractivity contribution in [1.29, 1.82) is 0 Å². The molecule has 1 aliphatic rings. The molecule has 3 atom stereocenters. The summed E-state index contributed by atoms with van der Waals surface area (Å²) >= 11 is 0. The van der Waals surface area contributed by atoms with Gasteiger partial charge in [0.25, 0.3) is 0 Å². The third kappa shape index (κ3) is 5.00. The Bertz CT molecular complexity index is 337. The second kappa shape index (κ2) is 7.47. The van der Waals surface area contributed by atoms with Crippen LogP contribution in [0.15, 0.2) is 0 Å². The maximum atomic E-state index is 12.0. The van der Waals surface area contributed by atoms with E-state index in [4.69, 9.17) is 5.11 Å². The van der Waals surface area contributed by atoms with Gasteiger partial charge in [-0.1, -0.05) is 20.3 Å². The zero-order chi connectivity index (χ0) is 15.3. The summed E-state index contributed by atoms with van der Waals surface area (Å²) in [6.07, 6.45) is 3.67. The van der Waals surface area contributed by atoms with Gasteiger partial charge in [0, 0.05) is 12.1 Å². The van der Waals surface area contributed by atoms with E-state index in [0.29, 0.717) is 6.42 Å². The Morgan fingerprint density at radius 1 is 1.25 bits per heavy atom. The predicted octanol–water partition coefficient (Wildman–Crippen LogP) is 1.96. The number of amides is 2. The number of carbonyl (C=O) groups excluding carboxylic acids is 1. The Balaban J connectivity index is 2.54. The number of hydrazine groups is 1. The predicted molar refractivity (Wildman–Crippen MR) is 77.2 cm³/mol. The van der Waals surface area contributed by atoms with Crippen LogP contribution >= 0.6 is 0 Å². The van der Waals surface area contributed by atoms with Crippen molar-refractivity contribution in [2.24, 2.45) is 5.92 Å². The van der Waals surface area contributed by atoms with E-state index in [9.17, 15) is 9.59 Å². The highest BCUT2D eigenvalue weighted by Gasteiger charge is 2.28. The third-order valence-corrected chi connectivity index (χ3v) is 3.73. The number of hydrogen-bond acceptors (Lipinski definition) is 3. The number of hydrogen-bond donors (Lipinski definition) is 3. The molecule has 2 unspecified atom stereocenters. The largest absolute Gasteiger partial charge is 0.480 e. The third-order valence-electron chi connectivity index (χ3n) is 3.73. The lowest BCUT2D eigenvalue weighted by atomic mass is 10.00. The first kappa shape index (κ1) is 16.8. The molecule has 0 aliphatic carbocycles. The molecule has 116 valence electrons. The molecule has 20 heavy (non-hydrogen) atoms. The van der Waals surface area contributed by atoms with E-state index in [0.717, 1.165) is 19.3 Å². The van der Waals surface area contributed by atoms with Crippen molar-refractivity contribution in [2.45, 2.75) is 71.5 Å². The van der Waals surface area contributed by atoms with Gasteiger partial charge in [0.2, 0.25) is 0 Å². The molecule has 3 N–H and O–H groups in total. The summed E-state index contributed by atoms with van der Waals surface area (Å²) in [7, 11) is 0. The molecule has 0 aromatic carbocycles. The van der Waals surface area contributed by atoms with Crippen molar-refractivity contribution < 1.29 is 14.7 Å². The number of carbonyl (C=O) groups is 2. The number of nitrogens with one attached hydrogen (secondary N) is 2. The van der Waals surface area contributed by atoms with Gasteiger partial charge in [0.1, 0.15) is 6.04 Å². The van der Waals surface area contributed by atoms with Crippen LogP contribution in [0.1, 0.15) is 53.4 Å². The quantitative estimate of drug-likeness (QED) is 0.721. The summed E-state index contributed by atoms with van der Waals surface area (Å²) < 4.78 is 0. The SMILES string of the molecule is CC(C)C[C@@H](NC(=O)NN1C(C)CCCC1C)C(=O)O. The fourth-order valence-corrected chi connectivity index (χ4v) is 2.64. The highest BCUT2D eigenvalue weighted by molar-refractivity contribution is 5.82. The summed E-state index contributed by atoms with van der Waals surface area (Å²) in [6, 6.07) is -0.722. The van der Waals surface area contributed by atoms with Crippen LogP contribution in [0.25, 0.3) is 0 Å². The van der Waals surface area contributed by atoms with Crippen LogP contribution < -0.4 is 10.7 Å². The average molecular weight is 285 g/mol. The summed E-state index contributed by atoms with van der Waals surface area (Å²) in [4.78, 5) is 23.1. The molecule has 1 rings (SSSR count). The smallest absolute Gasteiger partial charge is 0.330 e.